The highest BCUT2D eigenvalue weighted by Crippen LogP contribution is 2.60. The Balaban J connectivity index is 1.36. The first-order chi connectivity index (χ1) is 12.8. The Kier molecular flexibility index (Phi) is 4.44. The van der Waals surface area contributed by atoms with Crippen molar-refractivity contribution in [1.82, 2.24) is 20.1 Å². The lowest BCUT2D eigenvalue weighted by Crippen LogP contribution is -2.63. The Morgan fingerprint density at radius 3 is 2.48 bits per heavy atom. The molecule has 2 aliphatic carbocycles. The summed E-state index contributed by atoms with van der Waals surface area (Å²) in [5.74, 6) is -0.140. The van der Waals surface area contributed by atoms with E-state index in [0.717, 1.165) is 42.1 Å². The summed E-state index contributed by atoms with van der Waals surface area (Å²) >= 11 is 2.15. The molecule has 0 radical (unpaired) electrons. The van der Waals surface area contributed by atoms with Crippen molar-refractivity contribution in [1.29, 1.82) is 0 Å². The van der Waals surface area contributed by atoms with Crippen LogP contribution < -0.4 is 5.32 Å². The van der Waals surface area contributed by atoms with E-state index < -0.39 is 5.54 Å². The third-order valence-corrected chi connectivity index (χ3v) is 7.59. The van der Waals surface area contributed by atoms with Crippen molar-refractivity contribution in [2.24, 2.45) is 5.41 Å². The van der Waals surface area contributed by atoms with E-state index in [4.69, 9.17) is 0 Å². The fourth-order valence-electron chi connectivity index (χ4n) is 5.06. The van der Waals surface area contributed by atoms with Crippen molar-refractivity contribution in [2.45, 2.75) is 50.1 Å². The van der Waals surface area contributed by atoms with Crippen LogP contribution in [-0.2, 0) is 4.79 Å². The smallest absolute Gasteiger partial charge is 0.327 e. The quantitative estimate of drug-likeness (QED) is 0.519. The van der Waals surface area contributed by atoms with E-state index >= 15 is 0 Å². The molecule has 2 heterocycles. The van der Waals surface area contributed by atoms with Gasteiger partial charge in [0.25, 0.3) is 11.8 Å². The summed E-state index contributed by atoms with van der Waals surface area (Å²) in [7, 11) is 3.30. The zero-order chi connectivity index (χ0) is 19.4. The van der Waals surface area contributed by atoms with Crippen molar-refractivity contribution < 1.29 is 14.4 Å². The molecule has 1 aliphatic heterocycles. The summed E-state index contributed by atoms with van der Waals surface area (Å²) in [6.45, 7) is 0. The molecular formula is C19H23IN4O3. The lowest BCUT2D eigenvalue weighted by molar-refractivity contribution is -0.147. The van der Waals surface area contributed by atoms with Crippen LogP contribution in [0, 0.1) is 8.99 Å². The summed E-state index contributed by atoms with van der Waals surface area (Å²) in [6.07, 6.45) is 8.52. The Morgan fingerprint density at radius 2 is 1.93 bits per heavy atom. The maximum absolute atomic E-state index is 12.6. The summed E-state index contributed by atoms with van der Waals surface area (Å²) < 4.78 is 0.893. The normalized spacial score (nSPS) is 32.9. The molecule has 27 heavy (non-hydrogen) atoms. The first kappa shape index (κ1) is 18.6. The minimum Gasteiger partial charge on any atom is -0.349 e. The van der Waals surface area contributed by atoms with Gasteiger partial charge >= 0.3 is 6.03 Å². The number of nitrogens with one attached hydrogen (secondary N) is 1. The number of aromatic nitrogens is 1. The minimum atomic E-state index is -0.631. The van der Waals surface area contributed by atoms with Crippen LogP contribution in [0.15, 0.2) is 18.5 Å². The molecule has 0 atom stereocenters. The van der Waals surface area contributed by atoms with Crippen LogP contribution in [0.2, 0.25) is 0 Å². The molecule has 4 amide bonds. The van der Waals surface area contributed by atoms with Gasteiger partial charge in [-0.05, 0) is 72.6 Å². The fourth-order valence-corrected chi connectivity index (χ4v) is 5.61. The van der Waals surface area contributed by atoms with Crippen LogP contribution in [0.3, 0.4) is 0 Å². The topological polar surface area (TPSA) is 82.6 Å². The number of imide groups is 1. The van der Waals surface area contributed by atoms with Gasteiger partial charge in [0.1, 0.15) is 5.54 Å². The molecule has 1 saturated heterocycles. The molecule has 144 valence electrons. The second-order valence-electron chi connectivity index (χ2n) is 8.19. The Hall–Kier alpha value is -1.71. The van der Waals surface area contributed by atoms with E-state index in [0.29, 0.717) is 5.56 Å². The van der Waals surface area contributed by atoms with Gasteiger partial charge in [0.05, 0.1) is 5.56 Å². The molecule has 0 bridgehead atoms. The van der Waals surface area contributed by atoms with Gasteiger partial charge in [-0.15, -0.1) is 0 Å². The maximum atomic E-state index is 12.6. The van der Waals surface area contributed by atoms with Gasteiger partial charge in [-0.2, -0.15) is 0 Å². The van der Waals surface area contributed by atoms with Crippen LogP contribution in [0.1, 0.15) is 48.9 Å². The predicted octanol–water partition coefficient (Wildman–Crippen LogP) is 2.40. The summed E-state index contributed by atoms with van der Waals surface area (Å²) in [4.78, 5) is 44.1. The number of urea groups is 1. The molecule has 3 aliphatic rings. The van der Waals surface area contributed by atoms with Gasteiger partial charge in [0.2, 0.25) is 0 Å². The van der Waals surface area contributed by atoms with Gasteiger partial charge in [-0.25, -0.2) is 4.79 Å². The molecule has 2 saturated carbocycles. The molecule has 0 aromatic carbocycles. The average Bonchev–Trinajstić information content (AvgIpc) is 2.79. The molecule has 0 unspecified atom stereocenters. The van der Waals surface area contributed by atoms with Crippen molar-refractivity contribution >= 4 is 40.4 Å². The molecule has 8 heteroatoms. The van der Waals surface area contributed by atoms with E-state index in [2.05, 4.69) is 32.9 Å². The Labute approximate surface area is 172 Å². The fraction of sp³-hybridized carbons (Fsp3) is 0.579. The van der Waals surface area contributed by atoms with Crippen LogP contribution in [0.4, 0.5) is 4.79 Å². The Morgan fingerprint density at radius 1 is 1.26 bits per heavy atom. The zero-order valence-electron chi connectivity index (χ0n) is 15.5. The molecule has 2 spiro atoms. The van der Waals surface area contributed by atoms with Crippen molar-refractivity contribution in [2.75, 3.05) is 14.1 Å². The average molecular weight is 482 g/mol. The number of carbonyl (C=O) groups excluding carboxylic acids is 3. The van der Waals surface area contributed by atoms with Gasteiger partial charge in [-0.3, -0.25) is 19.5 Å². The van der Waals surface area contributed by atoms with Gasteiger partial charge in [0, 0.05) is 36.1 Å². The van der Waals surface area contributed by atoms with E-state index in [1.807, 2.05) is 6.07 Å². The number of nitrogens with zero attached hydrogens (tertiary/aromatic N) is 3. The Bertz CT molecular complexity index is 811. The van der Waals surface area contributed by atoms with E-state index in [1.54, 1.807) is 31.4 Å². The van der Waals surface area contributed by atoms with Gasteiger partial charge in [-0.1, -0.05) is 0 Å². The summed E-state index contributed by atoms with van der Waals surface area (Å²) in [6, 6.07) is 1.77. The second kappa shape index (κ2) is 6.42. The highest BCUT2D eigenvalue weighted by atomic mass is 127. The maximum Gasteiger partial charge on any atom is 0.327 e. The van der Waals surface area contributed by atoms with Crippen molar-refractivity contribution in [3.63, 3.8) is 0 Å². The number of rotatable bonds is 2. The van der Waals surface area contributed by atoms with Gasteiger partial charge in [0.15, 0.2) is 0 Å². The SMILES string of the molecule is CN1C(=O)N(C)C2(CC3(CCC(NC(=O)c4cnccc4I)CC3)C2)C1=O. The molecule has 1 N–H and O–H groups in total. The molecule has 1 aromatic rings. The van der Waals surface area contributed by atoms with Crippen molar-refractivity contribution in [3.8, 4) is 0 Å². The van der Waals surface area contributed by atoms with Crippen LogP contribution in [-0.4, -0.2) is 58.3 Å². The minimum absolute atomic E-state index is 0.0674. The van der Waals surface area contributed by atoms with E-state index in [9.17, 15) is 14.4 Å². The number of likely N-dealkylation sites (N-methyl/N-ethyl adjacent to an activating group) is 2. The van der Waals surface area contributed by atoms with Crippen molar-refractivity contribution in [3.05, 3.63) is 27.6 Å². The first-order valence-corrected chi connectivity index (χ1v) is 10.3. The molecule has 4 rings (SSSR count). The first-order valence-electron chi connectivity index (χ1n) is 9.24. The van der Waals surface area contributed by atoms with Crippen LogP contribution >= 0.6 is 22.6 Å². The number of hydrogen-bond acceptors (Lipinski definition) is 4. The number of pyridine rings is 1. The summed E-state index contributed by atoms with van der Waals surface area (Å²) in [5.41, 5.74) is 0.105. The lowest BCUT2D eigenvalue weighted by atomic mass is 9.51. The standard InChI is InChI=1S/C19H23IN4O3/c1-23-16(26)19(24(2)17(23)27)10-18(11-19)6-3-12(4-7-18)22-15(25)13-9-21-8-5-14(13)20/h5,8-9,12H,3-4,6-7,10-11H2,1-2H3,(H,22,25). The van der Waals surface area contributed by atoms with Gasteiger partial charge < -0.3 is 10.2 Å². The zero-order valence-corrected chi connectivity index (χ0v) is 17.7. The number of halogens is 1. The highest BCUT2D eigenvalue weighted by Gasteiger charge is 2.66. The number of carbonyl (C=O) groups is 3. The molecule has 3 fully saturated rings. The molecular weight excluding hydrogens is 459 g/mol. The monoisotopic (exact) mass is 482 g/mol. The van der Waals surface area contributed by atoms with Crippen LogP contribution in [0.25, 0.3) is 0 Å². The van der Waals surface area contributed by atoms with E-state index in [-0.39, 0.29) is 29.3 Å². The predicted molar refractivity (Wildman–Crippen MR) is 107 cm³/mol. The van der Waals surface area contributed by atoms with Crippen LogP contribution in [0.5, 0.6) is 0 Å². The molecule has 7 nitrogen and oxygen atoms in total. The largest absolute Gasteiger partial charge is 0.349 e. The van der Waals surface area contributed by atoms with E-state index in [1.165, 1.54) is 4.90 Å². The molecule has 1 aromatic heterocycles. The highest BCUT2D eigenvalue weighted by molar-refractivity contribution is 14.1. The number of hydrogen-bond donors (Lipinski definition) is 1. The summed E-state index contributed by atoms with van der Waals surface area (Å²) in [5, 5.41) is 3.13. The third kappa shape index (κ3) is 2.83. The lowest BCUT2D eigenvalue weighted by Gasteiger charge is -2.57. The number of amides is 4. The second-order valence-corrected chi connectivity index (χ2v) is 9.36. The third-order valence-electron chi connectivity index (χ3n) is 6.65.